The summed E-state index contributed by atoms with van der Waals surface area (Å²) < 4.78 is 32.0. The van der Waals surface area contributed by atoms with Gasteiger partial charge < -0.3 is 10.1 Å². The molecule has 0 aromatic heterocycles. The lowest BCUT2D eigenvalue weighted by atomic mass is 9.98. The molecule has 1 N–H and O–H groups in total. The first-order valence-electron chi connectivity index (χ1n) is 6.87. The lowest BCUT2D eigenvalue weighted by Crippen LogP contribution is -2.30. The molecular formula is C17H19F2NO. The highest BCUT2D eigenvalue weighted by Crippen LogP contribution is 2.20. The fraction of sp³-hybridized carbons (Fsp3) is 0.294. The van der Waals surface area contributed by atoms with Crippen molar-refractivity contribution >= 4 is 0 Å². The summed E-state index contributed by atoms with van der Waals surface area (Å²) in [7, 11) is 3.47. The van der Waals surface area contributed by atoms with Gasteiger partial charge in [-0.2, -0.15) is 0 Å². The Morgan fingerprint density at radius 2 is 1.76 bits per heavy atom. The fourth-order valence-electron chi connectivity index (χ4n) is 2.37. The molecule has 21 heavy (non-hydrogen) atoms. The van der Waals surface area contributed by atoms with E-state index in [1.807, 2.05) is 31.3 Å². The predicted octanol–water partition coefficient (Wildman–Crippen LogP) is 3.35. The predicted molar refractivity (Wildman–Crippen MR) is 79.6 cm³/mol. The maximum atomic E-state index is 13.7. The minimum atomic E-state index is -0.554. The monoisotopic (exact) mass is 291 g/mol. The minimum Gasteiger partial charge on any atom is -0.496 e. The van der Waals surface area contributed by atoms with Gasteiger partial charge in [0.15, 0.2) is 0 Å². The summed E-state index contributed by atoms with van der Waals surface area (Å²) in [5, 5.41) is 3.18. The van der Waals surface area contributed by atoms with E-state index in [2.05, 4.69) is 5.32 Å². The van der Waals surface area contributed by atoms with E-state index in [-0.39, 0.29) is 6.04 Å². The Morgan fingerprint density at radius 1 is 1.05 bits per heavy atom. The molecule has 112 valence electrons. The SMILES string of the molecule is CNC(Cc1ccc(F)cc1F)Cc1ccccc1OC. The van der Waals surface area contributed by atoms with E-state index < -0.39 is 11.6 Å². The smallest absolute Gasteiger partial charge is 0.129 e. The Hall–Kier alpha value is -1.94. The van der Waals surface area contributed by atoms with Crippen molar-refractivity contribution in [2.45, 2.75) is 18.9 Å². The van der Waals surface area contributed by atoms with Crippen molar-refractivity contribution in [2.75, 3.05) is 14.2 Å². The molecule has 0 saturated heterocycles. The largest absolute Gasteiger partial charge is 0.496 e. The van der Waals surface area contributed by atoms with Gasteiger partial charge in [0.25, 0.3) is 0 Å². The molecule has 0 bridgehead atoms. The molecule has 0 heterocycles. The fourth-order valence-corrected chi connectivity index (χ4v) is 2.37. The molecule has 0 saturated carbocycles. The topological polar surface area (TPSA) is 21.3 Å². The Balaban J connectivity index is 2.13. The number of para-hydroxylation sites is 1. The zero-order chi connectivity index (χ0) is 15.2. The first-order valence-corrected chi connectivity index (χ1v) is 6.87. The number of rotatable bonds is 6. The summed E-state index contributed by atoms with van der Waals surface area (Å²) in [6.45, 7) is 0. The van der Waals surface area contributed by atoms with E-state index in [1.165, 1.54) is 12.1 Å². The Morgan fingerprint density at radius 3 is 2.43 bits per heavy atom. The molecule has 0 radical (unpaired) electrons. The summed E-state index contributed by atoms with van der Waals surface area (Å²) in [5.74, 6) is -0.241. The number of nitrogens with one attached hydrogen (secondary N) is 1. The molecular weight excluding hydrogens is 272 g/mol. The Kier molecular flexibility index (Phi) is 5.28. The molecule has 2 rings (SSSR count). The zero-order valence-corrected chi connectivity index (χ0v) is 12.2. The number of halogens is 2. The van der Waals surface area contributed by atoms with Crippen LogP contribution in [-0.4, -0.2) is 20.2 Å². The zero-order valence-electron chi connectivity index (χ0n) is 12.2. The van der Waals surface area contributed by atoms with Gasteiger partial charge in [0.1, 0.15) is 17.4 Å². The lowest BCUT2D eigenvalue weighted by Gasteiger charge is -2.18. The first-order chi connectivity index (χ1) is 10.1. The standard InChI is InChI=1S/C17H19F2NO/c1-20-15(9-12-7-8-14(18)11-16(12)19)10-13-5-3-4-6-17(13)21-2/h3-8,11,15,20H,9-10H2,1-2H3. The molecule has 1 unspecified atom stereocenters. The highest BCUT2D eigenvalue weighted by molar-refractivity contribution is 5.34. The maximum Gasteiger partial charge on any atom is 0.129 e. The molecule has 2 aromatic carbocycles. The van der Waals surface area contributed by atoms with Crippen LogP contribution in [0, 0.1) is 11.6 Å². The highest BCUT2D eigenvalue weighted by Gasteiger charge is 2.14. The second kappa shape index (κ2) is 7.18. The van der Waals surface area contributed by atoms with Crippen molar-refractivity contribution in [3.8, 4) is 5.75 Å². The molecule has 0 aliphatic heterocycles. The first kappa shape index (κ1) is 15.4. The van der Waals surface area contributed by atoms with Gasteiger partial charge in [0.05, 0.1) is 7.11 Å². The van der Waals surface area contributed by atoms with Gasteiger partial charge in [-0.3, -0.25) is 0 Å². The minimum absolute atomic E-state index is 0.0428. The average Bonchev–Trinajstić information content (AvgIpc) is 2.49. The molecule has 1 atom stereocenters. The van der Waals surface area contributed by atoms with Crippen molar-refractivity contribution in [1.29, 1.82) is 0 Å². The third-order valence-electron chi connectivity index (χ3n) is 3.55. The molecule has 0 aliphatic rings. The van der Waals surface area contributed by atoms with Crippen LogP contribution in [-0.2, 0) is 12.8 Å². The van der Waals surface area contributed by atoms with E-state index >= 15 is 0 Å². The molecule has 0 amide bonds. The van der Waals surface area contributed by atoms with Crippen LogP contribution >= 0.6 is 0 Å². The van der Waals surface area contributed by atoms with E-state index in [9.17, 15) is 8.78 Å². The van der Waals surface area contributed by atoms with Crippen LogP contribution in [0.25, 0.3) is 0 Å². The summed E-state index contributed by atoms with van der Waals surface area (Å²) >= 11 is 0. The molecule has 0 fully saturated rings. The highest BCUT2D eigenvalue weighted by atomic mass is 19.1. The molecule has 0 spiro atoms. The van der Waals surface area contributed by atoms with Crippen molar-refractivity contribution in [3.63, 3.8) is 0 Å². The van der Waals surface area contributed by atoms with Crippen molar-refractivity contribution in [3.05, 3.63) is 65.2 Å². The third kappa shape index (κ3) is 4.02. The number of methoxy groups -OCH3 is 1. The van der Waals surface area contributed by atoms with Crippen LogP contribution < -0.4 is 10.1 Å². The van der Waals surface area contributed by atoms with Crippen LogP contribution in [0.3, 0.4) is 0 Å². The van der Waals surface area contributed by atoms with E-state index in [0.717, 1.165) is 17.4 Å². The van der Waals surface area contributed by atoms with Gasteiger partial charge in [-0.1, -0.05) is 24.3 Å². The Bertz CT molecular complexity index is 601. The second-order valence-electron chi connectivity index (χ2n) is 4.94. The van der Waals surface area contributed by atoms with Gasteiger partial charge in [0.2, 0.25) is 0 Å². The maximum absolute atomic E-state index is 13.7. The van der Waals surface area contributed by atoms with Gasteiger partial charge in [-0.15, -0.1) is 0 Å². The summed E-state index contributed by atoms with van der Waals surface area (Å²) in [4.78, 5) is 0. The normalized spacial score (nSPS) is 12.2. The van der Waals surface area contributed by atoms with E-state index in [1.54, 1.807) is 7.11 Å². The van der Waals surface area contributed by atoms with Crippen molar-refractivity contribution < 1.29 is 13.5 Å². The number of benzene rings is 2. The average molecular weight is 291 g/mol. The van der Waals surface area contributed by atoms with Crippen LogP contribution in [0.1, 0.15) is 11.1 Å². The number of likely N-dealkylation sites (N-methyl/N-ethyl adjacent to an activating group) is 1. The molecule has 4 heteroatoms. The van der Waals surface area contributed by atoms with Gasteiger partial charge in [-0.25, -0.2) is 8.78 Å². The number of hydrogen-bond donors (Lipinski definition) is 1. The third-order valence-corrected chi connectivity index (χ3v) is 3.55. The molecule has 2 nitrogen and oxygen atoms in total. The van der Waals surface area contributed by atoms with Crippen molar-refractivity contribution in [2.24, 2.45) is 0 Å². The molecule has 0 aliphatic carbocycles. The number of ether oxygens (including phenoxy) is 1. The Labute approximate surface area is 123 Å². The molecule has 2 aromatic rings. The summed E-state index contributed by atoms with van der Waals surface area (Å²) in [6.07, 6.45) is 1.19. The van der Waals surface area contributed by atoms with Gasteiger partial charge in [0, 0.05) is 12.1 Å². The number of hydrogen-bond acceptors (Lipinski definition) is 2. The van der Waals surface area contributed by atoms with Crippen LogP contribution in [0.15, 0.2) is 42.5 Å². The quantitative estimate of drug-likeness (QED) is 0.881. The summed E-state index contributed by atoms with van der Waals surface area (Å²) in [5.41, 5.74) is 1.56. The van der Waals surface area contributed by atoms with Crippen LogP contribution in [0.2, 0.25) is 0 Å². The van der Waals surface area contributed by atoms with Gasteiger partial charge in [-0.05, 0) is 43.1 Å². The summed E-state index contributed by atoms with van der Waals surface area (Å²) in [6, 6.07) is 11.5. The van der Waals surface area contributed by atoms with Crippen LogP contribution in [0.4, 0.5) is 8.78 Å². The second-order valence-corrected chi connectivity index (χ2v) is 4.94. The van der Waals surface area contributed by atoms with Gasteiger partial charge >= 0.3 is 0 Å². The van der Waals surface area contributed by atoms with Crippen LogP contribution in [0.5, 0.6) is 5.75 Å². The van der Waals surface area contributed by atoms with E-state index in [4.69, 9.17) is 4.74 Å². The lowest BCUT2D eigenvalue weighted by molar-refractivity contribution is 0.405. The van der Waals surface area contributed by atoms with Crippen molar-refractivity contribution in [1.82, 2.24) is 5.32 Å². The van der Waals surface area contributed by atoms with E-state index in [0.29, 0.717) is 18.4 Å².